The fourth-order valence-corrected chi connectivity index (χ4v) is 2.14. The van der Waals surface area contributed by atoms with Crippen molar-refractivity contribution in [1.82, 2.24) is 14.6 Å². The van der Waals surface area contributed by atoms with Crippen LogP contribution in [0.2, 0.25) is 0 Å². The first kappa shape index (κ1) is 16.3. The lowest BCUT2D eigenvalue weighted by molar-refractivity contribution is -0.360. The van der Waals surface area contributed by atoms with Crippen molar-refractivity contribution in [3.8, 4) is 0 Å². The number of fused-ring (bicyclic) bond motifs is 2. The average Bonchev–Trinajstić information content (AvgIpc) is 2.91. The van der Waals surface area contributed by atoms with Gasteiger partial charge in [0.2, 0.25) is 0 Å². The Kier molecular flexibility index (Phi) is 3.19. The van der Waals surface area contributed by atoms with Crippen molar-refractivity contribution in [3.05, 3.63) is 46.4 Å². The van der Waals surface area contributed by atoms with E-state index in [2.05, 4.69) is 4.98 Å². The number of nitrogens with zero attached hydrogens (tertiary/aromatic N) is 2. The summed E-state index contributed by atoms with van der Waals surface area (Å²) >= 11 is 0. The third kappa shape index (κ3) is 2.07. The first-order valence-corrected chi connectivity index (χ1v) is 6.30. The molecule has 0 saturated carbocycles. The van der Waals surface area contributed by atoms with Crippen molar-refractivity contribution in [2.75, 3.05) is 0 Å². The summed E-state index contributed by atoms with van der Waals surface area (Å²) in [6.45, 7) is 0. The average molecular weight is 353 g/mol. The lowest BCUT2D eigenvalue weighted by Gasteiger charge is -2.27. The van der Waals surface area contributed by atoms with Crippen LogP contribution in [0.1, 0.15) is 5.69 Å². The van der Waals surface area contributed by atoms with Crippen LogP contribution in [-0.2, 0) is 5.92 Å². The van der Waals surface area contributed by atoms with Crippen molar-refractivity contribution in [2.24, 2.45) is 0 Å². The van der Waals surface area contributed by atoms with Gasteiger partial charge in [0.05, 0.1) is 10.9 Å². The normalized spacial score (nSPS) is 13.8. The molecule has 24 heavy (non-hydrogen) atoms. The molecule has 0 spiro atoms. The van der Waals surface area contributed by atoms with Crippen LogP contribution in [0.5, 0.6) is 0 Å². The zero-order valence-electron chi connectivity index (χ0n) is 11.3. The molecular weight excluding hydrogens is 347 g/mol. The molecule has 0 unspecified atom stereocenters. The quantitative estimate of drug-likeness (QED) is 0.718. The monoisotopic (exact) mass is 353 g/mol. The lowest BCUT2D eigenvalue weighted by Crippen LogP contribution is -2.50. The molecule has 4 nitrogen and oxygen atoms in total. The highest BCUT2D eigenvalue weighted by atomic mass is 19.4. The van der Waals surface area contributed by atoms with E-state index in [1.807, 2.05) is 0 Å². The summed E-state index contributed by atoms with van der Waals surface area (Å²) in [6, 6.07) is 5.90. The SMILES string of the molecule is O=c1c2ccccc2nc2cc(C(F)(F)C(F)(F)C(F)(F)F)[nH]n12. The Morgan fingerprint density at radius 2 is 1.62 bits per heavy atom. The van der Waals surface area contributed by atoms with Crippen molar-refractivity contribution in [2.45, 2.75) is 18.0 Å². The van der Waals surface area contributed by atoms with Gasteiger partial charge < -0.3 is 0 Å². The largest absolute Gasteiger partial charge is 0.460 e. The van der Waals surface area contributed by atoms with Crippen LogP contribution in [0.15, 0.2) is 35.1 Å². The van der Waals surface area contributed by atoms with Gasteiger partial charge in [-0.3, -0.25) is 9.89 Å². The minimum absolute atomic E-state index is 0.0192. The zero-order chi connectivity index (χ0) is 17.9. The molecule has 0 aliphatic carbocycles. The summed E-state index contributed by atoms with van der Waals surface area (Å²) in [5.74, 6) is -11.9. The molecule has 0 atom stereocenters. The molecule has 2 heterocycles. The summed E-state index contributed by atoms with van der Waals surface area (Å²) in [5.41, 5.74) is -3.11. The number of alkyl halides is 7. The second-order valence-corrected chi connectivity index (χ2v) is 4.94. The number of para-hydroxylation sites is 1. The minimum Gasteiger partial charge on any atom is -0.287 e. The molecule has 0 radical (unpaired) electrons. The predicted molar refractivity (Wildman–Crippen MR) is 68.2 cm³/mol. The summed E-state index contributed by atoms with van der Waals surface area (Å²) in [7, 11) is 0. The second kappa shape index (κ2) is 4.71. The van der Waals surface area contributed by atoms with Crippen molar-refractivity contribution in [3.63, 3.8) is 0 Å². The summed E-state index contributed by atoms with van der Waals surface area (Å²) < 4.78 is 90.7. The van der Waals surface area contributed by atoms with Gasteiger partial charge in [-0.05, 0) is 12.1 Å². The standard InChI is InChI=1S/C13H6F7N3O/c14-11(15,12(16,17)13(18,19)20)8-5-9-21-7-4-2-1-3-6(7)10(24)23(9)22-8/h1-5,22H. The van der Waals surface area contributed by atoms with E-state index in [9.17, 15) is 35.5 Å². The third-order valence-electron chi connectivity index (χ3n) is 3.40. The zero-order valence-corrected chi connectivity index (χ0v) is 11.3. The van der Waals surface area contributed by atoms with Gasteiger partial charge in [-0.25, -0.2) is 9.50 Å². The van der Waals surface area contributed by atoms with Crippen molar-refractivity contribution < 1.29 is 30.7 Å². The fraction of sp³-hybridized carbons (Fsp3) is 0.231. The van der Waals surface area contributed by atoms with E-state index >= 15 is 0 Å². The fourth-order valence-electron chi connectivity index (χ4n) is 2.14. The van der Waals surface area contributed by atoms with Crippen LogP contribution in [-0.4, -0.2) is 26.7 Å². The molecule has 0 bridgehead atoms. The van der Waals surface area contributed by atoms with Gasteiger partial charge in [0.1, 0.15) is 5.69 Å². The molecular formula is C13H6F7N3O. The van der Waals surface area contributed by atoms with Crippen LogP contribution in [0.25, 0.3) is 16.6 Å². The second-order valence-electron chi connectivity index (χ2n) is 4.94. The van der Waals surface area contributed by atoms with Crippen LogP contribution >= 0.6 is 0 Å². The topological polar surface area (TPSA) is 50.2 Å². The Bertz CT molecular complexity index is 987. The van der Waals surface area contributed by atoms with Gasteiger partial charge in [-0.1, -0.05) is 12.1 Å². The maximum Gasteiger partial charge on any atom is 0.460 e. The highest BCUT2D eigenvalue weighted by molar-refractivity contribution is 5.79. The number of H-pyrrole nitrogens is 1. The Morgan fingerprint density at radius 3 is 2.25 bits per heavy atom. The van der Waals surface area contributed by atoms with Crippen LogP contribution < -0.4 is 5.56 Å². The first-order valence-electron chi connectivity index (χ1n) is 6.30. The number of rotatable bonds is 2. The lowest BCUT2D eigenvalue weighted by atomic mass is 10.1. The van der Waals surface area contributed by atoms with E-state index in [4.69, 9.17) is 0 Å². The number of aromatic amines is 1. The summed E-state index contributed by atoms with van der Waals surface area (Å²) in [5, 5.41) is 1.57. The van der Waals surface area contributed by atoms with Crippen molar-refractivity contribution >= 4 is 16.6 Å². The van der Waals surface area contributed by atoms with Gasteiger partial charge in [-0.15, -0.1) is 0 Å². The van der Waals surface area contributed by atoms with E-state index in [1.165, 1.54) is 24.3 Å². The Morgan fingerprint density at radius 1 is 1.00 bits per heavy atom. The van der Waals surface area contributed by atoms with E-state index in [-0.39, 0.29) is 17.0 Å². The molecule has 11 heteroatoms. The van der Waals surface area contributed by atoms with E-state index in [0.717, 1.165) is 0 Å². The van der Waals surface area contributed by atoms with Crippen molar-refractivity contribution in [1.29, 1.82) is 0 Å². The minimum atomic E-state index is -6.48. The molecule has 0 amide bonds. The molecule has 0 aliphatic heterocycles. The molecule has 2 aromatic heterocycles. The predicted octanol–water partition coefficient (Wildman–Crippen LogP) is 3.47. The highest BCUT2D eigenvalue weighted by Gasteiger charge is 2.74. The molecule has 0 aliphatic rings. The van der Waals surface area contributed by atoms with Crippen LogP contribution in [0.4, 0.5) is 30.7 Å². The van der Waals surface area contributed by atoms with Gasteiger partial charge >= 0.3 is 18.0 Å². The van der Waals surface area contributed by atoms with Gasteiger partial charge in [0, 0.05) is 6.07 Å². The number of hydrogen-bond acceptors (Lipinski definition) is 2. The summed E-state index contributed by atoms with van der Waals surface area (Å²) in [6.07, 6.45) is -6.48. The van der Waals surface area contributed by atoms with Gasteiger partial charge in [0.25, 0.3) is 5.56 Å². The molecule has 0 fully saturated rings. The molecule has 0 saturated heterocycles. The maximum atomic E-state index is 13.7. The van der Waals surface area contributed by atoms with Crippen LogP contribution in [0.3, 0.4) is 0 Å². The Labute approximate surface area is 127 Å². The van der Waals surface area contributed by atoms with Crippen LogP contribution in [0, 0.1) is 0 Å². The third-order valence-corrected chi connectivity index (χ3v) is 3.40. The Hall–Kier alpha value is -2.59. The number of aromatic nitrogens is 3. The number of halogens is 7. The number of benzene rings is 1. The highest BCUT2D eigenvalue weighted by Crippen LogP contribution is 2.51. The Balaban J connectivity index is 2.27. The molecule has 128 valence electrons. The van der Waals surface area contributed by atoms with E-state index < -0.39 is 34.9 Å². The maximum absolute atomic E-state index is 13.7. The molecule has 1 N–H and O–H groups in total. The van der Waals surface area contributed by atoms with Gasteiger partial charge in [0.15, 0.2) is 5.65 Å². The van der Waals surface area contributed by atoms with E-state index in [0.29, 0.717) is 4.52 Å². The summed E-state index contributed by atoms with van der Waals surface area (Å²) in [4.78, 5) is 15.9. The van der Waals surface area contributed by atoms with E-state index in [1.54, 1.807) is 5.10 Å². The van der Waals surface area contributed by atoms with Gasteiger partial charge in [-0.2, -0.15) is 30.7 Å². The molecule has 3 aromatic rings. The smallest absolute Gasteiger partial charge is 0.287 e. The number of nitrogens with one attached hydrogen (secondary N) is 1. The first-order chi connectivity index (χ1) is 11.0. The molecule has 3 rings (SSSR count). The molecule has 1 aromatic carbocycles. The number of hydrogen-bond donors (Lipinski definition) is 1.